The molecular formula is C58H35N5. The highest BCUT2D eigenvalue weighted by Crippen LogP contribution is 2.43. The van der Waals surface area contributed by atoms with E-state index in [1.807, 2.05) is 0 Å². The van der Waals surface area contributed by atoms with Crippen LogP contribution < -0.4 is 0 Å². The van der Waals surface area contributed by atoms with Crippen molar-refractivity contribution in [3.63, 3.8) is 0 Å². The summed E-state index contributed by atoms with van der Waals surface area (Å²) in [5.41, 5.74) is 12.0. The molecule has 4 aromatic heterocycles. The van der Waals surface area contributed by atoms with Crippen molar-refractivity contribution in [2.75, 3.05) is 0 Å². The SMILES string of the molecule is c1ccc(-n2c3ccccc3c3c(-c4nc(-n5c6ccccc6c6cc7c(-n8c9ccccc9c9c%10ccccc%10ccc98)cccc7cc65)nc5ccccc45)cccc32)cc1. The van der Waals surface area contributed by atoms with Crippen molar-refractivity contribution in [3.05, 3.63) is 212 Å². The van der Waals surface area contributed by atoms with Crippen LogP contribution in [-0.2, 0) is 0 Å². The molecule has 0 unspecified atom stereocenters. The van der Waals surface area contributed by atoms with E-state index < -0.39 is 0 Å². The minimum absolute atomic E-state index is 0.642. The van der Waals surface area contributed by atoms with Crippen LogP contribution in [0, 0.1) is 0 Å². The number of aromatic nitrogens is 5. The van der Waals surface area contributed by atoms with E-state index in [1.54, 1.807) is 0 Å². The van der Waals surface area contributed by atoms with Crippen LogP contribution in [0.25, 0.3) is 126 Å². The standard InChI is InChI=1S/C58H35N5/c1-2-18-38(19-3-1)61-49-28-12-8-23-42(49)56-44(25-15-31-52(56)61)57-41-22-6-10-26-47(41)59-58(60-57)63-48-27-11-7-21-40(48)46-35-45-37(34-54(46)63)17-14-30-51(45)62-50-29-13-9-24-43(50)55-39-20-5-4-16-36(39)32-33-53(55)62/h1-35H. The van der Waals surface area contributed by atoms with Crippen molar-refractivity contribution in [2.45, 2.75) is 0 Å². The lowest BCUT2D eigenvalue weighted by Crippen LogP contribution is -2.03. The van der Waals surface area contributed by atoms with Crippen LogP contribution in [0.1, 0.15) is 0 Å². The van der Waals surface area contributed by atoms with E-state index in [4.69, 9.17) is 9.97 Å². The molecule has 63 heavy (non-hydrogen) atoms. The van der Waals surface area contributed by atoms with Crippen LogP contribution in [-0.4, -0.2) is 23.7 Å². The topological polar surface area (TPSA) is 40.6 Å². The minimum atomic E-state index is 0.642. The Bertz CT molecular complexity index is 4210. The maximum atomic E-state index is 5.62. The molecule has 0 amide bonds. The van der Waals surface area contributed by atoms with Gasteiger partial charge in [-0.1, -0.05) is 146 Å². The third-order valence-corrected chi connectivity index (χ3v) is 13.2. The van der Waals surface area contributed by atoms with Crippen LogP contribution >= 0.6 is 0 Å². The molecule has 4 heterocycles. The number of hydrogen-bond acceptors (Lipinski definition) is 2. The van der Waals surface area contributed by atoms with Crippen LogP contribution in [0.5, 0.6) is 0 Å². The number of para-hydroxylation sites is 5. The van der Waals surface area contributed by atoms with Crippen LogP contribution in [0.4, 0.5) is 0 Å². The Morgan fingerprint density at radius 2 is 0.905 bits per heavy atom. The summed E-state index contributed by atoms with van der Waals surface area (Å²) in [7, 11) is 0. The van der Waals surface area contributed by atoms with Crippen LogP contribution in [0.15, 0.2) is 212 Å². The van der Waals surface area contributed by atoms with Gasteiger partial charge in [-0.15, -0.1) is 0 Å². The molecule has 0 aliphatic carbocycles. The average molecular weight is 802 g/mol. The van der Waals surface area contributed by atoms with Gasteiger partial charge in [0.05, 0.1) is 50.0 Å². The van der Waals surface area contributed by atoms with Gasteiger partial charge in [0.25, 0.3) is 0 Å². The Morgan fingerprint density at radius 1 is 0.302 bits per heavy atom. The fourth-order valence-corrected chi connectivity index (χ4v) is 10.6. The van der Waals surface area contributed by atoms with Gasteiger partial charge in [-0.25, -0.2) is 9.97 Å². The van der Waals surface area contributed by atoms with Gasteiger partial charge in [0.15, 0.2) is 0 Å². The second-order valence-corrected chi connectivity index (χ2v) is 16.5. The fourth-order valence-electron chi connectivity index (χ4n) is 10.6. The summed E-state index contributed by atoms with van der Waals surface area (Å²) in [4.78, 5) is 11.0. The van der Waals surface area contributed by atoms with E-state index in [-0.39, 0.29) is 0 Å². The highest BCUT2D eigenvalue weighted by molar-refractivity contribution is 6.23. The lowest BCUT2D eigenvalue weighted by molar-refractivity contribution is 1.01. The molecule has 10 aromatic carbocycles. The molecule has 14 rings (SSSR count). The van der Waals surface area contributed by atoms with Gasteiger partial charge in [-0.2, -0.15) is 0 Å². The quantitative estimate of drug-likeness (QED) is 0.178. The highest BCUT2D eigenvalue weighted by atomic mass is 15.2. The lowest BCUT2D eigenvalue weighted by atomic mass is 10.0. The molecule has 5 nitrogen and oxygen atoms in total. The molecule has 0 aliphatic rings. The summed E-state index contributed by atoms with van der Waals surface area (Å²) in [6.07, 6.45) is 0. The zero-order valence-corrected chi connectivity index (χ0v) is 33.9. The van der Waals surface area contributed by atoms with Crippen molar-refractivity contribution < 1.29 is 0 Å². The first-order valence-corrected chi connectivity index (χ1v) is 21.5. The molecule has 0 bridgehead atoms. The van der Waals surface area contributed by atoms with Gasteiger partial charge >= 0.3 is 0 Å². The van der Waals surface area contributed by atoms with Gasteiger partial charge in [0.2, 0.25) is 5.95 Å². The Kier molecular flexibility index (Phi) is 7.05. The third kappa shape index (κ3) is 4.82. The van der Waals surface area contributed by atoms with Gasteiger partial charge in [-0.05, 0) is 82.9 Å². The van der Waals surface area contributed by atoms with Crippen LogP contribution in [0.3, 0.4) is 0 Å². The van der Waals surface area contributed by atoms with E-state index in [9.17, 15) is 0 Å². The van der Waals surface area contributed by atoms with Gasteiger partial charge < -0.3 is 9.13 Å². The molecule has 292 valence electrons. The van der Waals surface area contributed by atoms with E-state index in [0.717, 1.165) is 71.8 Å². The maximum absolute atomic E-state index is 5.62. The zero-order chi connectivity index (χ0) is 41.2. The Hall–Kier alpha value is -8.54. The first kappa shape index (κ1) is 34.2. The molecular weight excluding hydrogens is 767 g/mol. The summed E-state index contributed by atoms with van der Waals surface area (Å²) < 4.78 is 7.09. The molecule has 0 atom stereocenters. The predicted molar refractivity (Wildman–Crippen MR) is 263 cm³/mol. The summed E-state index contributed by atoms with van der Waals surface area (Å²) in [6, 6.07) is 76.6. The van der Waals surface area contributed by atoms with Crippen molar-refractivity contribution in [1.82, 2.24) is 23.7 Å². The first-order valence-electron chi connectivity index (χ1n) is 21.5. The predicted octanol–water partition coefficient (Wildman–Crippen LogP) is 14.9. The summed E-state index contributed by atoms with van der Waals surface area (Å²) in [6.45, 7) is 0. The Labute approximate surface area is 360 Å². The van der Waals surface area contributed by atoms with E-state index in [0.29, 0.717) is 5.95 Å². The summed E-state index contributed by atoms with van der Waals surface area (Å²) >= 11 is 0. The van der Waals surface area contributed by atoms with Gasteiger partial charge in [-0.3, -0.25) is 4.57 Å². The maximum Gasteiger partial charge on any atom is 0.235 e. The molecule has 0 radical (unpaired) electrons. The first-order chi connectivity index (χ1) is 31.3. The number of rotatable bonds is 4. The Morgan fingerprint density at radius 3 is 1.73 bits per heavy atom. The van der Waals surface area contributed by atoms with E-state index in [1.165, 1.54) is 48.7 Å². The van der Waals surface area contributed by atoms with Gasteiger partial charge in [0.1, 0.15) is 0 Å². The third-order valence-electron chi connectivity index (χ3n) is 13.2. The number of fused-ring (bicyclic) bond motifs is 13. The number of benzene rings is 10. The zero-order valence-electron chi connectivity index (χ0n) is 33.9. The highest BCUT2D eigenvalue weighted by Gasteiger charge is 2.23. The molecule has 0 spiro atoms. The van der Waals surface area contributed by atoms with Crippen molar-refractivity contribution in [3.8, 4) is 28.6 Å². The number of nitrogens with zero attached hydrogens (tertiary/aromatic N) is 5. The van der Waals surface area contributed by atoms with E-state index in [2.05, 4.69) is 226 Å². The second kappa shape index (κ2) is 13.0. The molecule has 0 saturated carbocycles. The van der Waals surface area contributed by atoms with Crippen molar-refractivity contribution in [1.29, 1.82) is 0 Å². The molecule has 0 aliphatic heterocycles. The largest absolute Gasteiger partial charge is 0.309 e. The van der Waals surface area contributed by atoms with Crippen molar-refractivity contribution >= 4 is 97.9 Å². The van der Waals surface area contributed by atoms with Crippen molar-refractivity contribution in [2.24, 2.45) is 0 Å². The average Bonchev–Trinajstić information content (AvgIpc) is 3.99. The smallest absolute Gasteiger partial charge is 0.235 e. The molecule has 14 aromatic rings. The monoisotopic (exact) mass is 801 g/mol. The summed E-state index contributed by atoms with van der Waals surface area (Å²) in [5.74, 6) is 0.642. The van der Waals surface area contributed by atoms with Crippen LogP contribution in [0.2, 0.25) is 0 Å². The lowest BCUT2D eigenvalue weighted by Gasteiger charge is -2.14. The Balaban J connectivity index is 1.04. The summed E-state index contributed by atoms with van der Waals surface area (Å²) in [5, 5.41) is 13.1. The fraction of sp³-hybridized carbons (Fsp3) is 0. The number of hydrogen-bond donors (Lipinski definition) is 0. The molecule has 5 heteroatoms. The van der Waals surface area contributed by atoms with E-state index >= 15 is 0 Å². The molecule has 0 saturated heterocycles. The minimum Gasteiger partial charge on any atom is -0.309 e. The van der Waals surface area contributed by atoms with Gasteiger partial charge in [0, 0.05) is 54.3 Å². The normalized spacial score (nSPS) is 12.1. The molecule has 0 N–H and O–H groups in total. The molecule has 0 fully saturated rings. The second-order valence-electron chi connectivity index (χ2n) is 16.5.